The minimum atomic E-state index is 0.120. The highest BCUT2D eigenvalue weighted by atomic mass is 35.5. The number of carbonyl (C=O) groups excluding carboxylic acids is 1. The average Bonchev–Trinajstić information content (AvgIpc) is 2.86. The molecule has 2 aromatic carbocycles. The Hall–Kier alpha value is -2.13. The fraction of sp³-hybridized carbons (Fsp3) is 0.222. The summed E-state index contributed by atoms with van der Waals surface area (Å²) in [6.07, 6.45) is 1.29. The summed E-state index contributed by atoms with van der Waals surface area (Å²) in [5.41, 5.74) is 4.11. The zero-order valence-electron chi connectivity index (χ0n) is 12.2. The van der Waals surface area contributed by atoms with Crippen LogP contribution in [0, 0.1) is 6.92 Å². The normalized spacial score (nSPS) is 17.7. The minimum absolute atomic E-state index is 0.120. The third kappa shape index (κ3) is 2.13. The molecule has 1 aliphatic rings. The van der Waals surface area contributed by atoms with Gasteiger partial charge in [0.15, 0.2) is 0 Å². The number of fused-ring (bicyclic) bond motifs is 3. The van der Waals surface area contributed by atoms with Gasteiger partial charge in [-0.25, -0.2) is 4.98 Å². The molecule has 1 aliphatic heterocycles. The zero-order chi connectivity index (χ0) is 15.3. The topological polar surface area (TPSA) is 34.9 Å². The van der Waals surface area contributed by atoms with Crippen molar-refractivity contribution in [2.75, 3.05) is 0 Å². The summed E-state index contributed by atoms with van der Waals surface area (Å²) in [5, 5.41) is 0.716. The lowest BCUT2D eigenvalue weighted by molar-refractivity contribution is 0.0877. The van der Waals surface area contributed by atoms with Crippen LogP contribution in [0.3, 0.4) is 0 Å². The molecule has 110 valence electrons. The van der Waals surface area contributed by atoms with Crippen molar-refractivity contribution in [1.82, 2.24) is 9.55 Å². The summed E-state index contributed by atoms with van der Waals surface area (Å²) in [7, 11) is 0. The van der Waals surface area contributed by atoms with Crippen molar-refractivity contribution in [2.24, 2.45) is 0 Å². The third-order valence-electron chi connectivity index (χ3n) is 4.32. The van der Waals surface area contributed by atoms with Crippen LogP contribution in [0.2, 0.25) is 5.02 Å². The first-order chi connectivity index (χ1) is 10.6. The predicted molar refractivity (Wildman–Crippen MR) is 87.6 cm³/mol. The van der Waals surface area contributed by atoms with Gasteiger partial charge in [0.05, 0.1) is 11.0 Å². The number of halogens is 1. The van der Waals surface area contributed by atoms with Crippen LogP contribution in [-0.2, 0) is 6.42 Å². The van der Waals surface area contributed by atoms with Crippen molar-refractivity contribution in [3.05, 3.63) is 64.4 Å². The number of carbonyl (C=O) groups is 1. The molecule has 0 amide bonds. The van der Waals surface area contributed by atoms with Crippen molar-refractivity contribution in [3.8, 4) is 0 Å². The number of imidazole rings is 1. The Balaban J connectivity index is 1.79. The highest BCUT2D eigenvalue weighted by Gasteiger charge is 2.28. The number of aryl methyl sites for hydroxylation is 1. The Morgan fingerprint density at radius 3 is 2.68 bits per heavy atom. The van der Waals surface area contributed by atoms with Crippen molar-refractivity contribution >= 4 is 28.5 Å². The van der Waals surface area contributed by atoms with E-state index >= 15 is 0 Å². The maximum atomic E-state index is 12.6. The quantitative estimate of drug-likeness (QED) is 0.669. The summed E-state index contributed by atoms with van der Waals surface area (Å²) in [6, 6.07) is 13.8. The first kappa shape index (κ1) is 13.5. The molecule has 0 aliphatic carbocycles. The Morgan fingerprint density at radius 1 is 1.14 bits per heavy atom. The van der Waals surface area contributed by atoms with E-state index in [-0.39, 0.29) is 11.8 Å². The van der Waals surface area contributed by atoms with Crippen LogP contribution < -0.4 is 0 Å². The molecule has 4 heteroatoms. The number of rotatable bonds is 1. The molecule has 0 radical (unpaired) electrons. The Kier molecular flexibility index (Phi) is 3.05. The highest BCUT2D eigenvalue weighted by molar-refractivity contribution is 6.30. The second-order valence-electron chi connectivity index (χ2n) is 5.91. The summed E-state index contributed by atoms with van der Waals surface area (Å²) in [6.45, 7) is 2.03. The van der Waals surface area contributed by atoms with Crippen LogP contribution in [0.4, 0.5) is 0 Å². The summed E-state index contributed by atoms with van der Waals surface area (Å²) >= 11 is 5.95. The predicted octanol–water partition coefficient (Wildman–Crippen LogP) is 4.37. The second kappa shape index (κ2) is 4.96. The number of benzene rings is 2. The van der Waals surface area contributed by atoms with Gasteiger partial charge in [0.2, 0.25) is 5.91 Å². The summed E-state index contributed by atoms with van der Waals surface area (Å²) in [5.74, 6) is 1.15. The van der Waals surface area contributed by atoms with Gasteiger partial charge in [-0.2, -0.15) is 0 Å². The SMILES string of the molecule is Cc1ccc2nc3n(c2c1)C(=O)CC(c1ccc(Cl)cc1)C3. The lowest BCUT2D eigenvalue weighted by Crippen LogP contribution is -2.25. The Bertz CT molecular complexity index is 880. The lowest BCUT2D eigenvalue weighted by Gasteiger charge is -2.22. The van der Waals surface area contributed by atoms with E-state index in [0.29, 0.717) is 11.4 Å². The summed E-state index contributed by atoms with van der Waals surface area (Å²) < 4.78 is 1.79. The van der Waals surface area contributed by atoms with E-state index in [1.165, 1.54) is 0 Å². The molecule has 4 rings (SSSR count). The van der Waals surface area contributed by atoms with Gasteiger partial charge in [0.1, 0.15) is 5.82 Å². The molecule has 3 aromatic rings. The van der Waals surface area contributed by atoms with Gasteiger partial charge in [-0.15, -0.1) is 0 Å². The fourth-order valence-corrected chi connectivity index (χ4v) is 3.34. The van der Waals surface area contributed by atoms with E-state index < -0.39 is 0 Å². The van der Waals surface area contributed by atoms with Gasteiger partial charge in [-0.1, -0.05) is 29.8 Å². The molecular weight excluding hydrogens is 296 g/mol. The Morgan fingerprint density at radius 2 is 1.91 bits per heavy atom. The molecule has 3 nitrogen and oxygen atoms in total. The first-order valence-electron chi connectivity index (χ1n) is 7.38. The van der Waals surface area contributed by atoms with E-state index in [1.54, 1.807) is 4.57 Å². The molecule has 0 saturated heterocycles. The first-order valence-corrected chi connectivity index (χ1v) is 7.76. The molecule has 0 N–H and O–H groups in total. The lowest BCUT2D eigenvalue weighted by atomic mass is 9.89. The standard InChI is InChI=1S/C18H15ClN2O/c1-11-2-7-15-16(8-11)21-17(20-15)9-13(10-18(21)22)12-3-5-14(19)6-4-12/h2-8,13H,9-10H2,1H3. The molecule has 22 heavy (non-hydrogen) atoms. The third-order valence-corrected chi connectivity index (χ3v) is 4.57. The van der Waals surface area contributed by atoms with E-state index in [0.717, 1.165) is 34.4 Å². The molecule has 1 atom stereocenters. The average molecular weight is 311 g/mol. The zero-order valence-corrected chi connectivity index (χ0v) is 13.0. The van der Waals surface area contributed by atoms with Crippen molar-refractivity contribution in [1.29, 1.82) is 0 Å². The number of aromatic nitrogens is 2. The van der Waals surface area contributed by atoms with E-state index in [9.17, 15) is 4.79 Å². The van der Waals surface area contributed by atoms with Crippen LogP contribution in [0.25, 0.3) is 11.0 Å². The number of hydrogen-bond acceptors (Lipinski definition) is 2. The van der Waals surface area contributed by atoms with Crippen molar-refractivity contribution < 1.29 is 4.79 Å². The van der Waals surface area contributed by atoms with Crippen LogP contribution in [0.5, 0.6) is 0 Å². The second-order valence-corrected chi connectivity index (χ2v) is 6.34. The number of hydrogen-bond donors (Lipinski definition) is 0. The van der Waals surface area contributed by atoms with Gasteiger partial charge in [-0.05, 0) is 48.2 Å². The molecule has 2 heterocycles. The molecular formula is C18H15ClN2O. The smallest absolute Gasteiger partial charge is 0.233 e. The van der Waals surface area contributed by atoms with Crippen molar-refractivity contribution in [2.45, 2.75) is 25.7 Å². The fourth-order valence-electron chi connectivity index (χ4n) is 3.22. The molecule has 0 bridgehead atoms. The van der Waals surface area contributed by atoms with Gasteiger partial charge in [0.25, 0.3) is 0 Å². The largest absolute Gasteiger partial charge is 0.274 e. The highest BCUT2D eigenvalue weighted by Crippen LogP contribution is 2.32. The minimum Gasteiger partial charge on any atom is -0.274 e. The van der Waals surface area contributed by atoms with Crippen LogP contribution in [0.1, 0.15) is 34.1 Å². The van der Waals surface area contributed by atoms with E-state index in [2.05, 4.69) is 4.98 Å². The van der Waals surface area contributed by atoms with Crippen LogP contribution >= 0.6 is 11.6 Å². The maximum Gasteiger partial charge on any atom is 0.233 e. The van der Waals surface area contributed by atoms with E-state index in [1.807, 2.05) is 49.4 Å². The van der Waals surface area contributed by atoms with Crippen LogP contribution in [0.15, 0.2) is 42.5 Å². The maximum absolute atomic E-state index is 12.6. The van der Waals surface area contributed by atoms with Gasteiger partial charge < -0.3 is 0 Å². The van der Waals surface area contributed by atoms with Crippen LogP contribution in [-0.4, -0.2) is 15.5 Å². The molecule has 0 saturated carbocycles. The molecule has 1 unspecified atom stereocenters. The van der Waals surface area contributed by atoms with Gasteiger partial charge >= 0.3 is 0 Å². The molecule has 0 fully saturated rings. The molecule has 0 spiro atoms. The molecule has 1 aromatic heterocycles. The Labute approximate surface area is 133 Å². The number of nitrogens with zero attached hydrogens (tertiary/aromatic N) is 2. The van der Waals surface area contributed by atoms with E-state index in [4.69, 9.17) is 11.6 Å². The van der Waals surface area contributed by atoms with Gasteiger partial charge in [0, 0.05) is 17.9 Å². The van der Waals surface area contributed by atoms with Crippen molar-refractivity contribution in [3.63, 3.8) is 0 Å². The summed E-state index contributed by atoms with van der Waals surface area (Å²) in [4.78, 5) is 17.3. The van der Waals surface area contributed by atoms with Gasteiger partial charge in [-0.3, -0.25) is 9.36 Å². The monoisotopic (exact) mass is 310 g/mol.